The van der Waals surface area contributed by atoms with Crippen LogP contribution in [-0.4, -0.2) is 4.98 Å². The standard InChI is InChI=1S/C26H29F3N2/c1-18(25(2)14-4-3-5-15-25)31-24-17-30-23-13-10-20(16-22(23)24)7-6-19-8-11-21(12-9-19)26(27,28)29/h8-13,16-17,30-31H,1,3-7,14-15H2,2H3. The molecule has 1 aliphatic carbocycles. The summed E-state index contributed by atoms with van der Waals surface area (Å²) in [6.07, 6.45) is 5.30. The fourth-order valence-electron chi connectivity index (χ4n) is 4.52. The first-order valence-electron chi connectivity index (χ1n) is 11.0. The molecule has 0 saturated heterocycles. The van der Waals surface area contributed by atoms with Gasteiger partial charge < -0.3 is 10.3 Å². The molecule has 3 aromatic rings. The Balaban J connectivity index is 1.46. The highest BCUT2D eigenvalue weighted by atomic mass is 19.4. The highest BCUT2D eigenvalue weighted by molar-refractivity contribution is 5.93. The quantitative estimate of drug-likeness (QED) is 0.412. The Kier molecular flexibility index (Phi) is 5.87. The molecule has 2 N–H and O–H groups in total. The monoisotopic (exact) mass is 426 g/mol. The molecule has 2 nitrogen and oxygen atoms in total. The molecule has 2 aromatic carbocycles. The highest BCUT2D eigenvalue weighted by Gasteiger charge is 2.31. The Morgan fingerprint density at radius 1 is 1.00 bits per heavy atom. The van der Waals surface area contributed by atoms with Gasteiger partial charge in [0.2, 0.25) is 0 Å². The van der Waals surface area contributed by atoms with E-state index >= 15 is 0 Å². The van der Waals surface area contributed by atoms with E-state index < -0.39 is 11.7 Å². The average Bonchev–Trinajstić information content (AvgIpc) is 3.14. The minimum Gasteiger partial charge on any atom is -0.359 e. The molecule has 164 valence electrons. The molecule has 1 heterocycles. The second-order valence-corrected chi connectivity index (χ2v) is 9.00. The number of rotatable bonds is 6. The predicted octanol–water partition coefficient (Wildman–Crippen LogP) is 7.87. The first-order valence-corrected chi connectivity index (χ1v) is 11.0. The molecule has 1 saturated carbocycles. The van der Waals surface area contributed by atoms with Crippen LogP contribution in [0.1, 0.15) is 55.7 Å². The first kappa shape index (κ1) is 21.5. The van der Waals surface area contributed by atoms with Crippen molar-refractivity contribution in [2.45, 2.75) is 58.0 Å². The van der Waals surface area contributed by atoms with E-state index in [-0.39, 0.29) is 5.41 Å². The zero-order valence-corrected chi connectivity index (χ0v) is 17.9. The van der Waals surface area contributed by atoms with Crippen LogP contribution in [0, 0.1) is 5.41 Å². The lowest BCUT2D eigenvalue weighted by atomic mass is 9.73. The Bertz CT molecular complexity index is 1050. The number of hydrogen-bond donors (Lipinski definition) is 2. The van der Waals surface area contributed by atoms with Crippen molar-refractivity contribution in [1.29, 1.82) is 0 Å². The van der Waals surface area contributed by atoms with Crippen molar-refractivity contribution < 1.29 is 13.2 Å². The molecule has 1 aromatic heterocycles. The van der Waals surface area contributed by atoms with Crippen LogP contribution in [0.5, 0.6) is 0 Å². The summed E-state index contributed by atoms with van der Waals surface area (Å²) in [5.74, 6) is 0. The zero-order chi connectivity index (χ0) is 22.1. The summed E-state index contributed by atoms with van der Waals surface area (Å²) in [5.41, 5.74) is 4.74. The summed E-state index contributed by atoms with van der Waals surface area (Å²) in [4.78, 5) is 3.32. The van der Waals surface area contributed by atoms with Crippen LogP contribution in [0.25, 0.3) is 10.9 Å². The maximum Gasteiger partial charge on any atom is 0.416 e. The second kappa shape index (κ2) is 8.45. The normalized spacial score (nSPS) is 16.4. The molecule has 4 rings (SSSR count). The fourth-order valence-corrected chi connectivity index (χ4v) is 4.52. The molecule has 31 heavy (non-hydrogen) atoms. The number of aromatic nitrogens is 1. The van der Waals surface area contributed by atoms with Crippen LogP contribution in [-0.2, 0) is 19.0 Å². The lowest BCUT2D eigenvalue weighted by molar-refractivity contribution is -0.137. The Morgan fingerprint density at radius 2 is 1.65 bits per heavy atom. The molecular weight excluding hydrogens is 397 g/mol. The summed E-state index contributed by atoms with van der Waals surface area (Å²) < 4.78 is 38.2. The number of benzene rings is 2. The largest absolute Gasteiger partial charge is 0.416 e. The first-order chi connectivity index (χ1) is 14.7. The summed E-state index contributed by atoms with van der Waals surface area (Å²) in [7, 11) is 0. The van der Waals surface area contributed by atoms with Gasteiger partial charge in [-0.25, -0.2) is 0 Å². The highest BCUT2D eigenvalue weighted by Crippen LogP contribution is 2.42. The number of halogens is 3. The van der Waals surface area contributed by atoms with Gasteiger partial charge in [0.25, 0.3) is 0 Å². The van der Waals surface area contributed by atoms with Gasteiger partial charge in [-0.05, 0) is 61.1 Å². The molecule has 0 bridgehead atoms. The van der Waals surface area contributed by atoms with E-state index in [0.717, 1.165) is 52.0 Å². The number of H-pyrrole nitrogens is 1. The minimum absolute atomic E-state index is 0.127. The number of fused-ring (bicyclic) bond motifs is 1. The van der Waals surface area contributed by atoms with Crippen LogP contribution >= 0.6 is 0 Å². The second-order valence-electron chi connectivity index (χ2n) is 9.00. The molecule has 1 fully saturated rings. The summed E-state index contributed by atoms with van der Waals surface area (Å²) in [6.45, 7) is 6.65. The smallest absolute Gasteiger partial charge is 0.359 e. The molecule has 1 aliphatic rings. The van der Waals surface area contributed by atoms with Crippen molar-refractivity contribution in [3.8, 4) is 0 Å². The van der Waals surface area contributed by atoms with Crippen molar-refractivity contribution in [3.05, 3.63) is 77.6 Å². The topological polar surface area (TPSA) is 27.8 Å². The number of hydrogen-bond acceptors (Lipinski definition) is 1. The van der Waals surface area contributed by atoms with Gasteiger partial charge in [0.05, 0.1) is 11.3 Å². The van der Waals surface area contributed by atoms with Gasteiger partial charge in [-0.2, -0.15) is 13.2 Å². The predicted molar refractivity (Wildman–Crippen MR) is 121 cm³/mol. The number of nitrogens with one attached hydrogen (secondary N) is 2. The third-order valence-electron chi connectivity index (χ3n) is 6.70. The van der Waals surface area contributed by atoms with Crippen LogP contribution in [0.3, 0.4) is 0 Å². The molecular formula is C26H29F3N2. The molecule has 0 aliphatic heterocycles. The van der Waals surface area contributed by atoms with Gasteiger partial charge >= 0.3 is 6.18 Å². The van der Waals surface area contributed by atoms with E-state index in [1.807, 2.05) is 6.20 Å². The molecule has 0 amide bonds. The van der Waals surface area contributed by atoms with Gasteiger partial charge in [0, 0.05) is 28.2 Å². The van der Waals surface area contributed by atoms with Gasteiger partial charge in [0.15, 0.2) is 0 Å². The van der Waals surface area contributed by atoms with Crippen LogP contribution in [0.15, 0.2) is 60.9 Å². The van der Waals surface area contributed by atoms with Crippen LogP contribution < -0.4 is 5.32 Å². The van der Waals surface area contributed by atoms with E-state index in [2.05, 4.69) is 42.0 Å². The zero-order valence-electron chi connectivity index (χ0n) is 17.9. The van der Waals surface area contributed by atoms with E-state index in [0.29, 0.717) is 6.42 Å². The molecule has 0 radical (unpaired) electrons. The van der Waals surface area contributed by atoms with Crippen molar-refractivity contribution >= 4 is 16.6 Å². The summed E-state index contributed by atoms with van der Waals surface area (Å²) in [6, 6.07) is 11.7. The van der Waals surface area contributed by atoms with Gasteiger partial charge in [-0.1, -0.05) is 51.0 Å². The maximum absolute atomic E-state index is 12.7. The number of aryl methyl sites for hydroxylation is 2. The summed E-state index contributed by atoms with van der Waals surface area (Å²) in [5, 5.41) is 4.68. The Labute approximate surface area is 181 Å². The van der Waals surface area contributed by atoms with Crippen molar-refractivity contribution in [2.75, 3.05) is 5.32 Å². The lowest BCUT2D eigenvalue weighted by Crippen LogP contribution is -2.26. The third-order valence-corrected chi connectivity index (χ3v) is 6.70. The summed E-state index contributed by atoms with van der Waals surface area (Å²) >= 11 is 0. The van der Waals surface area contributed by atoms with Gasteiger partial charge in [-0.3, -0.25) is 0 Å². The number of allylic oxidation sites excluding steroid dienone is 1. The molecule has 0 spiro atoms. The van der Waals surface area contributed by atoms with Crippen LogP contribution in [0.2, 0.25) is 0 Å². The average molecular weight is 427 g/mol. The Hall–Kier alpha value is -2.69. The third kappa shape index (κ3) is 4.81. The molecule has 0 unspecified atom stereocenters. The molecule has 5 heteroatoms. The maximum atomic E-state index is 12.7. The van der Waals surface area contributed by atoms with Gasteiger partial charge in [0.1, 0.15) is 0 Å². The van der Waals surface area contributed by atoms with E-state index in [9.17, 15) is 13.2 Å². The van der Waals surface area contributed by atoms with Gasteiger partial charge in [-0.15, -0.1) is 0 Å². The van der Waals surface area contributed by atoms with Crippen molar-refractivity contribution in [2.24, 2.45) is 5.41 Å². The fraction of sp³-hybridized carbons (Fsp3) is 0.385. The van der Waals surface area contributed by atoms with E-state index in [1.54, 1.807) is 12.1 Å². The minimum atomic E-state index is -4.29. The van der Waals surface area contributed by atoms with Crippen molar-refractivity contribution in [3.63, 3.8) is 0 Å². The van der Waals surface area contributed by atoms with E-state index in [1.165, 1.54) is 32.1 Å². The van der Waals surface area contributed by atoms with E-state index in [4.69, 9.17) is 0 Å². The Morgan fingerprint density at radius 3 is 2.32 bits per heavy atom. The lowest BCUT2D eigenvalue weighted by Gasteiger charge is -2.35. The number of alkyl halides is 3. The van der Waals surface area contributed by atoms with Crippen LogP contribution in [0.4, 0.5) is 18.9 Å². The number of anilines is 1. The van der Waals surface area contributed by atoms with Crippen molar-refractivity contribution in [1.82, 2.24) is 4.98 Å². The number of aromatic amines is 1. The SMILES string of the molecule is C=C(Nc1c[nH]c2ccc(CCc3ccc(C(F)(F)F)cc3)cc12)C1(C)CCCCC1. The molecule has 0 atom stereocenters.